The second-order valence-corrected chi connectivity index (χ2v) is 6.06. The van der Waals surface area contributed by atoms with E-state index in [0.717, 1.165) is 6.07 Å². The highest BCUT2D eigenvalue weighted by atomic mass is 19.1. The van der Waals surface area contributed by atoms with Gasteiger partial charge in [0.05, 0.1) is 16.5 Å². The maximum absolute atomic E-state index is 14.2. The van der Waals surface area contributed by atoms with E-state index < -0.39 is 28.5 Å². The maximum Gasteiger partial charge on any atom is 0.270 e. The number of non-ortho nitro benzene ring substituents is 1. The summed E-state index contributed by atoms with van der Waals surface area (Å²) in [6, 6.07) is 6.77. The Bertz CT molecular complexity index is 838. The number of nitro groups is 1. The van der Waals surface area contributed by atoms with Crippen LogP contribution in [0.2, 0.25) is 0 Å². The number of carbonyl (C=O) groups is 1. The van der Waals surface area contributed by atoms with Gasteiger partial charge < -0.3 is 15.5 Å². The lowest BCUT2D eigenvalue weighted by Crippen LogP contribution is -2.29. The number of anilines is 1. The van der Waals surface area contributed by atoms with Gasteiger partial charge in [-0.2, -0.15) is 0 Å². The number of likely N-dealkylation sites (N-methyl/N-ethyl adjacent to an activating group) is 1. The highest BCUT2D eigenvalue weighted by Crippen LogP contribution is 2.27. The van der Waals surface area contributed by atoms with Crippen LogP contribution in [0.15, 0.2) is 36.4 Å². The van der Waals surface area contributed by atoms with Crippen molar-refractivity contribution in [3.05, 3.63) is 69.3 Å². The summed E-state index contributed by atoms with van der Waals surface area (Å²) in [4.78, 5) is 24.1. The van der Waals surface area contributed by atoms with Crippen LogP contribution < -0.4 is 10.6 Å². The molecule has 1 amide bonds. The highest BCUT2D eigenvalue weighted by molar-refractivity contribution is 6.00. The van der Waals surface area contributed by atoms with Crippen molar-refractivity contribution in [3.8, 4) is 0 Å². The largest absolute Gasteiger partial charge is 0.382 e. The van der Waals surface area contributed by atoms with Crippen molar-refractivity contribution < 1.29 is 18.5 Å². The van der Waals surface area contributed by atoms with Gasteiger partial charge in [-0.3, -0.25) is 14.9 Å². The molecular weight excluding hydrogens is 358 g/mol. The number of carbonyl (C=O) groups excluding carboxylic acids is 1. The van der Waals surface area contributed by atoms with Crippen molar-refractivity contribution >= 4 is 17.3 Å². The molecule has 27 heavy (non-hydrogen) atoms. The molecule has 2 aromatic carbocycles. The van der Waals surface area contributed by atoms with Gasteiger partial charge in [-0.05, 0) is 32.3 Å². The number of rotatable bonds is 7. The second-order valence-electron chi connectivity index (χ2n) is 6.06. The van der Waals surface area contributed by atoms with Crippen LogP contribution in [-0.4, -0.2) is 43.4 Å². The number of amides is 1. The highest BCUT2D eigenvalue weighted by Gasteiger charge is 2.23. The molecule has 0 spiro atoms. The van der Waals surface area contributed by atoms with Crippen LogP contribution >= 0.6 is 0 Å². The Morgan fingerprint density at radius 3 is 2.37 bits per heavy atom. The van der Waals surface area contributed by atoms with E-state index in [1.54, 1.807) is 19.0 Å². The minimum absolute atomic E-state index is 0.0678. The van der Waals surface area contributed by atoms with Crippen LogP contribution in [0.5, 0.6) is 0 Å². The molecule has 0 heterocycles. The Kier molecular flexibility index (Phi) is 6.40. The Hall–Kier alpha value is -3.07. The molecule has 2 aromatic rings. The molecule has 144 valence electrons. The first kappa shape index (κ1) is 20.2. The number of hydrogen-bond acceptors (Lipinski definition) is 5. The van der Waals surface area contributed by atoms with Crippen LogP contribution in [0.25, 0.3) is 0 Å². The SMILES string of the molecule is CNC(=O)c1cc([N+](=O)[O-])ccc1NCC(c1c(F)cccc1F)N(C)C. The van der Waals surface area contributed by atoms with E-state index in [1.807, 2.05) is 0 Å². The fourth-order valence-electron chi connectivity index (χ4n) is 2.70. The molecule has 7 nitrogen and oxygen atoms in total. The van der Waals surface area contributed by atoms with Gasteiger partial charge in [0.25, 0.3) is 11.6 Å². The van der Waals surface area contributed by atoms with Crippen LogP contribution in [0.1, 0.15) is 22.0 Å². The summed E-state index contributed by atoms with van der Waals surface area (Å²) >= 11 is 0. The number of nitrogens with one attached hydrogen (secondary N) is 2. The summed E-state index contributed by atoms with van der Waals surface area (Å²) in [5, 5.41) is 16.3. The molecule has 0 saturated carbocycles. The number of halogens is 2. The van der Waals surface area contributed by atoms with Gasteiger partial charge in [0, 0.05) is 37.0 Å². The molecule has 9 heteroatoms. The van der Waals surface area contributed by atoms with Gasteiger partial charge in [-0.25, -0.2) is 8.78 Å². The third-order valence-electron chi connectivity index (χ3n) is 4.13. The number of hydrogen-bond donors (Lipinski definition) is 2. The summed E-state index contributed by atoms with van der Waals surface area (Å²) in [6.45, 7) is 0.0761. The molecule has 0 aromatic heterocycles. The summed E-state index contributed by atoms with van der Waals surface area (Å²) < 4.78 is 28.3. The molecule has 0 aliphatic carbocycles. The van der Waals surface area contributed by atoms with Gasteiger partial charge in [-0.1, -0.05) is 6.07 Å². The van der Waals surface area contributed by atoms with Gasteiger partial charge in [-0.15, -0.1) is 0 Å². The molecule has 2 N–H and O–H groups in total. The molecule has 1 atom stereocenters. The third-order valence-corrected chi connectivity index (χ3v) is 4.13. The Morgan fingerprint density at radius 1 is 1.22 bits per heavy atom. The van der Waals surface area contributed by atoms with Gasteiger partial charge in [0.1, 0.15) is 11.6 Å². The van der Waals surface area contributed by atoms with Crippen LogP contribution in [0.3, 0.4) is 0 Å². The molecule has 0 bridgehead atoms. The standard InChI is InChI=1S/C18H20F2N4O3/c1-21-18(25)12-9-11(24(26)27)7-8-15(12)22-10-16(23(2)3)17-13(19)5-4-6-14(17)20/h4-9,16,22H,10H2,1-3H3,(H,21,25). The fraction of sp³-hybridized carbons (Fsp3) is 0.278. The normalized spacial score (nSPS) is 11.9. The molecule has 0 fully saturated rings. The maximum atomic E-state index is 14.2. The summed E-state index contributed by atoms with van der Waals surface area (Å²) in [5.74, 6) is -1.86. The lowest BCUT2D eigenvalue weighted by atomic mass is 10.0. The van der Waals surface area contributed by atoms with Crippen molar-refractivity contribution in [1.29, 1.82) is 0 Å². The third kappa shape index (κ3) is 4.56. The first-order chi connectivity index (χ1) is 12.8. The van der Waals surface area contributed by atoms with Crippen LogP contribution in [0, 0.1) is 21.7 Å². The lowest BCUT2D eigenvalue weighted by molar-refractivity contribution is -0.384. The first-order valence-electron chi connectivity index (χ1n) is 8.11. The zero-order chi connectivity index (χ0) is 20.1. The smallest absolute Gasteiger partial charge is 0.270 e. The Morgan fingerprint density at radius 2 is 1.85 bits per heavy atom. The minimum atomic E-state index is -0.675. The minimum Gasteiger partial charge on any atom is -0.382 e. The zero-order valence-electron chi connectivity index (χ0n) is 15.1. The van der Waals surface area contributed by atoms with Gasteiger partial charge >= 0.3 is 0 Å². The quantitative estimate of drug-likeness (QED) is 0.571. The molecule has 0 aliphatic heterocycles. The van der Waals surface area contributed by atoms with Gasteiger partial charge in [0.2, 0.25) is 0 Å². The van der Waals surface area contributed by atoms with Crippen molar-refractivity contribution in [1.82, 2.24) is 10.2 Å². The van der Waals surface area contributed by atoms with Crippen molar-refractivity contribution in [2.75, 3.05) is 33.0 Å². The van der Waals surface area contributed by atoms with E-state index >= 15 is 0 Å². The van der Waals surface area contributed by atoms with E-state index in [2.05, 4.69) is 10.6 Å². The molecule has 2 rings (SSSR count). The Balaban J connectivity index is 2.35. The summed E-state index contributed by atoms with van der Waals surface area (Å²) in [5.41, 5.74) is 0.0589. The van der Waals surface area contributed by atoms with Gasteiger partial charge in [0.15, 0.2) is 0 Å². The summed E-state index contributed by atoms with van der Waals surface area (Å²) in [7, 11) is 4.75. The number of nitrogens with zero attached hydrogens (tertiary/aromatic N) is 2. The average molecular weight is 378 g/mol. The van der Waals surface area contributed by atoms with Crippen LogP contribution in [0.4, 0.5) is 20.2 Å². The van der Waals surface area contributed by atoms with E-state index in [1.165, 1.54) is 37.4 Å². The summed E-state index contributed by atoms with van der Waals surface area (Å²) in [6.07, 6.45) is 0. The van der Waals surface area contributed by atoms with Crippen molar-refractivity contribution in [2.24, 2.45) is 0 Å². The molecule has 1 unspecified atom stereocenters. The van der Waals surface area contributed by atoms with E-state index in [0.29, 0.717) is 5.69 Å². The van der Waals surface area contributed by atoms with E-state index in [4.69, 9.17) is 0 Å². The second kappa shape index (κ2) is 8.54. The number of nitro benzene ring substituents is 1. The lowest BCUT2D eigenvalue weighted by Gasteiger charge is -2.26. The average Bonchev–Trinajstić information content (AvgIpc) is 2.62. The molecular formula is C18H20F2N4O3. The number of benzene rings is 2. The fourth-order valence-corrected chi connectivity index (χ4v) is 2.70. The predicted molar refractivity (Wildman–Crippen MR) is 97.8 cm³/mol. The van der Waals surface area contributed by atoms with Crippen LogP contribution in [-0.2, 0) is 0 Å². The molecule has 0 radical (unpaired) electrons. The van der Waals surface area contributed by atoms with Crippen molar-refractivity contribution in [3.63, 3.8) is 0 Å². The van der Waals surface area contributed by atoms with Crippen molar-refractivity contribution in [2.45, 2.75) is 6.04 Å². The monoisotopic (exact) mass is 378 g/mol. The first-order valence-corrected chi connectivity index (χ1v) is 8.11. The van der Waals surface area contributed by atoms with E-state index in [9.17, 15) is 23.7 Å². The topological polar surface area (TPSA) is 87.5 Å². The molecule has 0 saturated heterocycles. The zero-order valence-corrected chi connectivity index (χ0v) is 15.1. The van der Waals surface area contributed by atoms with E-state index in [-0.39, 0.29) is 23.4 Å². The molecule has 0 aliphatic rings. The predicted octanol–water partition coefficient (Wildman–Crippen LogP) is 2.95. The Labute approximate surface area is 155 Å².